The average Bonchev–Trinajstić information content (AvgIpc) is 3.40. The Labute approximate surface area is 263 Å². The molecule has 0 aliphatic carbocycles. The number of aromatic amines is 1. The highest BCUT2D eigenvalue weighted by Crippen LogP contribution is 2.19. The van der Waals surface area contributed by atoms with Crippen LogP contribution in [0.5, 0.6) is 5.75 Å². The van der Waals surface area contributed by atoms with Crippen LogP contribution < -0.4 is 32.7 Å². The topological polar surface area (TPSA) is 286 Å². The Hall–Kier alpha value is -5.64. The summed E-state index contributed by atoms with van der Waals surface area (Å²) >= 11 is 0. The number of benzene rings is 2. The second kappa shape index (κ2) is 16.4. The van der Waals surface area contributed by atoms with Crippen LogP contribution in [0.1, 0.15) is 30.4 Å². The number of phenolic OH excluding ortho intramolecular Hbond substituents is 1. The predicted octanol–water partition coefficient (Wildman–Crippen LogP) is -0.737. The number of phenols is 1. The van der Waals surface area contributed by atoms with E-state index in [1.807, 2.05) is 24.3 Å². The lowest BCUT2D eigenvalue weighted by Crippen LogP contribution is -2.58. The Kier molecular flexibility index (Phi) is 12.5. The highest BCUT2D eigenvalue weighted by molar-refractivity contribution is 5.96. The van der Waals surface area contributed by atoms with Crippen LogP contribution in [0.15, 0.2) is 54.7 Å². The van der Waals surface area contributed by atoms with Crippen LogP contribution >= 0.6 is 0 Å². The third kappa shape index (κ3) is 10.5. The van der Waals surface area contributed by atoms with Gasteiger partial charge in [0.25, 0.3) is 0 Å². The molecule has 0 bridgehead atoms. The predicted molar refractivity (Wildman–Crippen MR) is 167 cm³/mol. The van der Waals surface area contributed by atoms with Crippen molar-refractivity contribution in [3.63, 3.8) is 0 Å². The van der Waals surface area contributed by atoms with E-state index in [1.54, 1.807) is 6.20 Å². The molecule has 2 aromatic carbocycles. The molecular weight excluding hydrogens is 600 g/mol. The Morgan fingerprint density at radius 3 is 2.13 bits per heavy atom. The van der Waals surface area contributed by atoms with Crippen molar-refractivity contribution in [2.75, 3.05) is 6.54 Å². The van der Waals surface area contributed by atoms with Gasteiger partial charge >= 0.3 is 11.9 Å². The molecule has 16 nitrogen and oxygen atoms in total. The molecule has 0 radical (unpaired) electrons. The maximum absolute atomic E-state index is 13.4. The van der Waals surface area contributed by atoms with Gasteiger partial charge < -0.3 is 53.0 Å². The SMILES string of the molecule is N=C(N)NCCC[C@H](NC(=O)[C@H](Cc1ccc(O)cc1)NC(=O)[C@H](CC(=O)O)NC(=O)[C@@H](N)Cc1c[nH]c2ccccc12)C(=O)O. The zero-order chi connectivity index (χ0) is 33.8. The molecule has 13 N–H and O–H groups in total. The number of carboxylic acids is 2. The number of carboxylic acid groups (broad SMARTS) is 2. The molecule has 3 rings (SSSR count). The number of amides is 3. The molecule has 0 saturated carbocycles. The molecule has 4 atom stereocenters. The molecule has 46 heavy (non-hydrogen) atoms. The van der Waals surface area contributed by atoms with E-state index in [-0.39, 0.29) is 43.9 Å². The molecule has 0 fully saturated rings. The number of aromatic nitrogens is 1. The van der Waals surface area contributed by atoms with Crippen LogP contribution in [-0.2, 0) is 36.8 Å². The van der Waals surface area contributed by atoms with Gasteiger partial charge in [-0.25, -0.2) is 4.79 Å². The van der Waals surface area contributed by atoms with Gasteiger partial charge in [0.15, 0.2) is 5.96 Å². The second-order valence-corrected chi connectivity index (χ2v) is 10.6. The van der Waals surface area contributed by atoms with Gasteiger partial charge in [-0.3, -0.25) is 24.6 Å². The van der Waals surface area contributed by atoms with Crippen molar-refractivity contribution in [2.45, 2.75) is 56.3 Å². The van der Waals surface area contributed by atoms with Crippen molar-refractivity contribution >= 4 is 46.5 Å². The average molecular weight is 639 g/mol. The summed E-state index contributed by atoms with van der Waals surface area (Å²) in [6.45, 7) is 0.182. The fourth-order valence-electron chi connectivity index (χ4n) is 4.70. The number of carbonyl (C=O) groups is 5. The molecule has 3 aromatic rings. The first-order chi connectivity index (χ1) is 21.8. The normalized spacial score (nSPS) is 13.5. The number of fused-ring (bicyclic) bond motifs is 1. The summed E-state index contributed by atoms with van der Waals surface area (Å²) in [5, 5.41) is 46.5. The summed E-state index contributed by atoms with van der Waals surface area (Å²) < 4.78 is 0. The van der Waals surface area contributed by atoms with Gasteiger partial charge in [0.05, 0.1) is 12.5 Å². The molecule has 1 heterocycles. The molecule has 3 amide bonds. The number of carbonyl (C=O) groups excluding carboxylic acids is 3. The zero-order valence-electron chi connectivity index (χ0n) is 24.8. The van der Waals surface area contributed by atoms with Crippen LogP contribution in [0, 0.1) is 5.41 Å². The van der Waals surface area contributed by atoms with E-state index in [2.05, 4.69) is 26.3 Å². The molecule has 0 spiro atoms. The highest BCUT2D eigenvalue weighted by atomic mass is 16.4. The van der Waals surface area contributed by atoms with E-state index in [9.17, 15) is 39.3 Å². The van der Waals surface area contributed by atoms with Gasteiger partial charge in [-0.05, 0) is 48.6 Å². The van der Waals surface area contributed by atoms with Gasteiger partial charge in [0.1, 0.15) is 23.9 Å². The first-order valence-electron chi connectivity index (χ1n) is 14.4. The van der Waals surface area contributed by atoms with Gasteiger partial charge in [-0.2, -0.15) is 0 Å². The van der Waals surface area contributed by atoms with Crippen molar-refractivity contribution < 1.29 is 39.3 Å². The van der Waals surface area contributed by atoms with Crippen molar-refractivity contribution in [3.05, 3.63) is 65.9 Å². The minimum Gasteiger partial charge on any atom is -0.508 e. The minimum atomic E-state index is -1.62. The third-order valence-electron chi connectivity index (χ3n) is 7.07. The number of hydrogen-bond acceptors (Lipinski definition) is 8. The Morgan fingerprint density at radius 2 is 1.48 bits per heavy atom. The first-order valence-corrected chi connectivity index (χ1v) is 14.4. The maximum atomic E-state index is 13.4. The molecule has 1 aromatic heterocycles. The number of hydrogen-bond donors (Lipinski definition) is 11. The molecule has 16 heteroatoms. The number of nitrogens with two attached hydrogens (primary N) is 2. The van der Waals surface area contributed by atoms with E-state index < -0.39 is 60.2 Å². The number of rotatable bonds is 17. The summed E-state index contributed by atoms with van der Waals surface area (Å²) in [6.07, 6.45) is 0.998. The lowest BCUT2D eigenvalue weighted by Gasteiger charge is -2.25. The fourth-order valence-corrected chi connectivity index (χ4v) is 4.70. The molecule has 0 aliphatic heterocycles. The summed E-state index contributed by atoms with van der Waals surface area (Å²) in [7, 11) is 0. The van der Waals surface area contributed by atoms with Crippen molar-refractivity contribution in [1.82, 2.24) is 26.3 Å². The molecule has 0 unspecified atom stereocenters. The number of nitrogens with one attached hydrogen (secondary N) is 6. The van der Waals surface area contributed by atoms with E-state index in [0.29, 0.717) is 5.56 Å². The maximum Gasteiger partial charge on any atom is 0.326 e. The quantitative estimate of drug-likeness (QED) is 0.0497. The van der Waals surface area contributed by atoms with Gasteiger partial charge in [0, 0.05) is 30.1 Å². The van der Waals surface area contributed by atoms with Gasteiger partial charge in [-0.1, -0.05) is 30.3 Å². The molecular formula is C30H38N8O8. The largest absolute Gasteiger partial charge is 0.508 e. The monoisotopic (exact) mass is 638 g/mol. The fraction of sp³-hybridized carbons (Fsp3) is 0.333. The Balaban J connectivity index is 1.75. The second-order valence-electron chi connectivity index (χ2n) is 10.6. The molecule has 246 valence electrons. The van der Waals surface area contributed by atoms with Crippen LogP contribution in [0.4, 0.5) is 0 Å². The van der Waals surface area contributed by atoms with Gasteiger partial charge in [-0.15, -0.1) is 0 Å². The Morgan fingerprint density at radius 1 is 0.848 bits per heavy atom. The van der Waals surface area contributed by atoms with Crippen molar-refractivity contribution in [3.8, 4) is 5.75 Å². The van der Waals surface area contributed by atoms with Crippen LogP contribution in [0.25, 0.3) is 10.9 Å². The van der Waals surface area contributed by atoms with Crippen LogP contribution in [-0.4, -0.2) is 86.6 Å². The standard InChI is InChI=1S/C30H38N8O8/c31-20(13-17-15-35-21-5-2-1-4-19(17)21)26(42)37-24(14-25(40)41)28(44)38-23(12-16-7-9-18(39)10-8-16)27(43)36-22(29(45)46)6-3-11-34-30(32)33/h1-2,4-5,7-10,15,20,22-24,35,39H,3,6,11-14,31H2,(H,36,43)(H,37,42)(H,38,44)(H,40,41)(H,45,46)(H4,32,33,34)/t20-,22-,23-,24-/m0/s1. The minimum absolute atomic E-state index is 0.0345. The first kappa shape index (κ1) is 34.8. The van der Waals surface area contributed by atoms with E-state index >= 15 is 0 Å². The summed E-state index contributed by atoms with van der Waals surface area (Å²) in [4.78, 5) is 66.3. The highest BCUT2D eigenvalue weighted by Gasteiger charge is 2.32. The van der Waals surface area contributed by atoms with Crippen molar-refractivity contribution in [2.24, 2.45) is 11.5 Å². The number of aliphatic carboxylic acids is 2. The van der Waals surface area contributed by atoms with E-state index in [4.69, 9.17) is 16.9 Å². The smallest absolute Gasteiger partial charge is 0.326 e. The van der Waals surface area contributed by atoms with Crippen molar-refractivity contribution in [1.29, 1.82) is 5.41 Å². The summed E-state index contributed by atoms with van der Waals surface area (Å²) in [5.74, 6) is -5.78. The van der Waals surface area contributed by atoms with Crippen LogP contribution in [0.3, 0.4) is 0 Å². The van der Waals surface area contributed by atoms with Gasteiger partial charge in [0.2, 0.25) is 17.7 Å². The number of H-pyrrole nitrogens is 1. The summed E-state index contributed by atoms with van der Waals surface area (Å²) in [6, 6.07) is 7.54. The lowest BCUT2D eigenvalue weighted by atomic mass is 10.0. The van der Waals surface area contributed by atoms with E-state index in [1.165, 1.54) is 24.3 Å². The summed E-state index contributed by atoms with van der Waals surface area (Å²) in [5.41, 5.74) is 13.4. The molecule has 0 aliphatic rings. The molecule has 0 saturated heterocycles. The van der Waals surface area contributed by atoms with E-state index in [0.717, 1.165) is 16.5 Å². The number of para-hydroxylation sites is 1. The van der Waals surface area contributed by atoms with Crippen LogP contribution in [0.2, 0.25) is 0 Å². The number of aromatic hydroxyl groups is 1. The number of guanidine groups is 1. The lowest BCUT2D eigenvalue weighted by molar-refractivity contribution is -0.143. The third-order valence-corrected chi connectivity index (χ3v) is 7.07. The Bertz CT molecular complexity index is 1560. The zero-order valence-corrected chi connectivity index (χ0v) is 24.8.